The van der Waals surface area contributed by atoms with E-state index in [1.807, 2.05) is 48.7 Å². The molecule has 1 aliphatic rings. The van der Waals surface area contributed by atoms with Crippen LogP contribution < -0.4 is 14.8 Å². The summed E-state index contributed by atoms with van der Waals surface area (Å²) in [5.41, 5.74) is 2.97. The zero-order valence-electron chi connectivity index (χ0n) is 17.2. The number of oxazole rings is 1. The van der Waals surface area contributed by atoms with Gasteiger partial charge < -0.3 is 14.5 Å². The maximum absolute atomic E-state index is 12.8. The summed E-state index contributed by atoms with van der Waals surface area (Å²) in [6, 6.07) is 16.1. The molecule has 2 heterocycles. The number of amides is 1. The van der Waals surface area contributed by atoms with Gasteiger partial charge in [-0.25, -0.2) is 9.98 Å². The molecule has 0 bridgehead atoms. The molecule has 4 rings (SSSR count). The van der Waals surface area contributed by atoms with Gasteiger partial charge in [0.05, 0.1) is 22.7 Å². The lowest BCUT2D eigenvalue weighted by Gasteiger charge is -2.20. The smallest absolute Gasteiger partial charge is 0.287 e. The summed E-state index contributed by atoms with van der Waals surface area (Å²) in [4.78, 5) is 22.6. The summed E-state index contributed by atoms with van der Waals surface area (Å²) in [6.45, 7) is 2.46. The average molecular weight is 454 g/mol. The molecule has 160 valence electrons. The first-order valence-corrected chi connectivity index (χ1v) is 11.9. The van der Waals surface area contributed by atoms with Gasteiger partial charge in [0.25, 0.3) is 5.91 Å². The third-order valence-corrected chi connectivity index (χ3v) is 6.33. The maximum Gasteiger partial charge on any atom is 0.287 e. The van der Waals surface area contributed by atoms with Crippen LogP contribution in [0, 0.1) is 0 Å². The minimum absolute atomic E-state index is 0.183. The second kappa shape index (κ2) is 10.0. The third-order valence-electron chi connectivity index (χ3n) is 4.90. The van der Waals surface area contributed by atoms with Crippen molar-refractivity contribution in [2.45, 2.75) is 23.8 Å². The highest BCUT2D eigenvalue weighted by Gasteiger charge is 2.23. The van der Waals surface area contributed by atoms with E-state index in [1.165, 1.54) is 23.8 Å². The number of nitrogens with zero attached hydrogens (tertiary/aromatic N) is 2. The van der Waals surface area contributed by atoms with Crippen molar-refractivity contribution in [3.63, 3.8) is 0 Å². The van der Waals surface area contributed by atoms with E-state index in [4.69, 9.17) is 4.42 Å². The maximum atomic E-state index is 12.8. The molecule has 0 spiro atoms. The first-order chi connectivity index (χ1) is 15.2. The van der Waals surface area contributed by atoms with E-state index in [9.17, 15) is 4.79 Å². The van der Waals surface area contributed by atoms with Crippen LogP contribution in [0.2, 0.25) is 0 Å². The number of aliphatic imine (C=N–C) groups is 1. The van der Waals surface area contributed by atoms with Gasteiger partial charge in [-0.3, -0.25) is 9.52 Å². The molecular formula is C22H23N5O2S2. The summed E-state index contributed by atoms with van der Waals surface area (Å²) in [6.07, 6.45) is 5.15. The first-order valence-electron chi connectivity index (χ1n) is 9.82. The molecule has 2 unspecified atom stereocenters. The lowest BCUT2D eigenvalue weighted by molar-refractivity contribution is -0.115. The van der Waals surface area contributed by atoms with Crippen molar-refractivity contribution in [1.82, 2.24) is 19.7 Å². The fourth-order valence-corrected chi connectivity index (χ4v) is 4.53. The SMILES string of the molecule is CSNC(C)c1ccc2c(c1)SNC(C(=O)NCC(c1ccccc1)c1ncco1)=N2. The van der Waals surface area contributed by atoms with Crippen LogP contribution in [-0.2, 0) is 4.79 Å². The lowest BCUT2D eigenvalue weighted by atomic mass is 9.99. The molecule has 0 radical (unpaired) electrons. The van der Waals surface area contributed by atoms with E-state index in [0.717, 1.165) is 16.1 Å². The van der Waals surface area contributed by atoms with Crippen molar-refractivity contribution in [3.05, 3.63) is 78.0 Å². The van der Waals surface area contributed by atoms with Crippen molar-refractivity contribution < 1.29 is 9.21 Å². The number of hydrogen-bond acceptors (Lipinski definition) is 8. The topological polar surface area (TPSA) is 91.5 Å². The van der Waals surface area contributed by atoms with Crippen molar-refractivity contribution in [2.75, 3.05) is 12.8 Å². The molecule has 0 fully saturated rings. The summed E-state index contributed by atoms with van der Waals surface area (Å²) in [5, 5.41) is 2.96. The van der Waals surface area contributed by atoms with E-state index in [2.05, 4.69) is 37.7 Å². The predicted octanol–water partition coefficient (Wildman–Crippen LogP) is 4.19. The Balaban J connectivity index is 1.46. The highest BCUT2D eigenvalue weighted by Crippen LogP contribution is 2.34. The molecule has 1 aliphatic heterocycles. The van der Waals surface area contributed by atoms with E-state index in [-0.39, 0.29) is 23.7 Å². The van der Waals surface area contributed by atoms with Crippen LogP contribution >= 0.6 is 23.9 Å². The minimum atomic E-state index is -0.271. The Labute approximate surface area is 189 Å². The van der Waals surface area contributed by atoms with Gasteiger partial charge in [-0.05, 0) is 48.4 Å². The van der Waals surface area contributed by atoms with Crippen molar-refractivity contribution in [2.24, 2.45) is 4.99 Å². The van der Waals surface area contributed by atoms with Crippen LogP contribution in [0.5, 0.6) is 0 Å². The number of hydrogen-bond donors (Lipinski definition) is 3. The molecular weight excluding hydrogens is 430 g/mol. The van der Waals surface area contributed by atoms with Gasteiger partial charge in [-0.2, -0.15) is 0 Å². The largest absolute Gasteiger partial charge is 0.448 e. The summed E-state index contributed by atoms with van der Waals surface area (Å²) >= 11 is 2.98. The van der Waals surface area contributed by atoms with Crippen molar-refractivity contribution in [3.8, 4) is 0 Å². The molecule has 9 heteroatoms. The quantitative estimate of drug-likeness (QED) is 0.441. The second-order valence-electron chi connectivity index (χ2n) is 6.98. The highest BCUT2D eigenvalue weighted by molar-refractivity contribution is 7.98. The third kappa shape index (κ3) is 5.12. The van der Waals surface area contributed by atoms with Gasteiger partial charge in [0.15, 0.2) is 0 Å². The number of benzene rings is 2. The Morgan fingerprint density at radius 2 is 2.06 bits per heavy atom. The Kier molecular flexibility index (Phi) is 6.96. The molecule has 31 heavy (non-hydrogen) atoms. The number of carbonyl (C=O) groups is 1. The summed E-state index contributed by atoms with van der Waals surface area (Å²) in [5.74, 6) is 0.384. The van der Waals surface area contributed by atoms with Crippen LogP contribution in [0.1, 0.15) is 35.9 Å². The number of carbonyl (C=O) groups excluding carboxylic acids is 1. The van der Waals surface area contributed by atoms with Crippen LogP contribution in [0.4, 0.5) is 5.69 Å². The molecule has 7 nitrogen and oxygen atoms in total. The zero-order chi connectivity index (χ0) is 21.6. The average Bonchev–Trinajstić information content (AvgIpc) is 3.34. The predicted molar refractivity (Wildman–Crippen MR) is 125 cm³/mol. The monoisotopic (exact) mass is 453 g/mol. The minimum Gasteiger partial charge on any atom is -0.448 e. The van der Waals surface area contributed by atoms with Gasteiger partial charge in [-0.1, -0.05) is 48.3 Å². The van der Waals surface area contributed by atoms with E-state index >= 15 is 0 Å². The fourth-order valence-electron chi connectivity index (χ4n) is 3.28. The molecule has 3 aromatic rings. The number of fused-ring (bicyclic) bond motifs is 1. The van der Waals surface area contributed by atoms with Crippen LogP contribution in [0.3, 0.4) is 0 Å². The normalized spacial score (nSPS) is 14.7. The highest BCUT2D eigenvalue weighted by atomic mass is 32.2. The fraction of sp³-hybridized carbons (Fsp3) is 0.227. The van der Waals surface area contributed by atoms with Gasteiger partial charge in [0.2, 0.25) is 11.7 Å². The Hall–Kier alpha value is -2.75. The second-order valence-corrected chi connectivity index (χ2v) is 8.47. The number of nitrogens with one attached hydrogen (secondary N) is 3. The van der Waals surface area contributed by atoms with Gasteiger partial charge in [-0.15, -0.1) is 0 Å². The van der Waals surface area contributed by atoms with Crippen LogP contribution in [0.15, 0.2) is 75.3 Å². The summed E-state index contributed by atoms with van der Waals surface area (Å²) < 4.78 is 11.9. The van der Waals surface area contributed by atoms with Gasteiger partial charge in [0, 0.05) is 12.6 Å². The van der Waals surface area contributed by atoms with Crippen LogP contribution in [0.25, 0.3) is 0 Å². The van der Waals surface area contributed by atoms with Gasteiger partial charge >= 0.3 is 0 Å². The Morgan fingerprint density at radius 3 is 2.81 bits per heavy atom. The van der Waals surface area contributed by atoms with E-state index in [1.54, 1.807) is 18.1 Å². The molecule has 1 amide bonds. The Bertz CT molecular complexity index is 1060. The molecule has 0 aliphatic carbocycles. The van der Waals surface area contributed by atoms with Crippen molar-refractivity contribution >= 4 is 41.3 Å². The van der Waals surface area contributed by atoms with Crippen LogP contribution in [-0.4, -0.2) is 29.5 Å². The molecule has 2 atom stereocenters. The van der Waals surface area contributed by atoms with Crippen molar-refractivity contribution in [1.29, 1.82) is 0 Å². The Morgan fingerprint density at radius 1 is 1.23 bits per heavy atom. The number of amidine groups is 1. The molecule has 2 aromatic carbocycles. The summed E-state index contributed by atoms with van der Waals surface area (Å²) in [7, 11) is 0. The number of rotatable bonds is 8. The van der Waals surface area contributed by atoms with E-state index < -0.39 is 0 Å². The number of aromatic nitrogens is 1. The first kappa shape index (κ1) is 21.5. The molecule has 0 saturated heterocycles. The zero-order valence-corrected chi connectivity index (χ0v) is 18.8. The molecule has 0 saturated carbocycles. The molecule has 3 N–H and O–H groups in total. The van der Waals surface area contributed by atoms with E-state index in [0.29, 0.717) is 12.4 Å². The van der Waals surface area contributed by atoms with Gasteiger partial charge in [0.1, 0.15) is 6.26 Å². The lowest BCUT2D eigenvalue weighted by Crippen LogP contribution is -2.40. The molecule has 1 aromatic heterocycles. The standard InChI is InChI=1S/C22H23N5O2S2/c1-14(26-30-2)16-8-9-18-19(12-16)31-27-20(25-18)21(28)24-13-17(22-23-10-11-29-22)15-6-4-3-5-7-15/h3-12,14,17,26H,13H2,1-2H3,(H,24,28)(H,25,27).